The lowest BCUT2D eigenvalue weighted by atomic mass is 10.0. The lowest BCUT2D eigenvalue weighted by Crippen LogP contribution is -2.45. The molecule has 1 atom stereocenters. The van der Waals surface area contributed by atoms with Crippen LogP contribution in [-0.2, 0) is 14.8 Å². The Hall–Kier alpha value is -0.620. The van der Waals surface area contributed by atoms with E-state index in [2.05, 4.69) is 0 Å². The topological polar surface area (TPSA) is 74.7 Å². The van der Waals surface area contributed by atoms with Gasteiger partial charge >= 0.3 is 5.97 Å². The number of hydrogen-bond acceptors (Lipinski definition) is 3. The molecule has 17 heavy (non-hydrogen) atoms. The molecule has 0 aromatic heterocycles. The minimum absolute atomic E-state index is 0.0656. The van der Waals surface area contributed by atoms with Gasteiger partial charge in [0.2, 0.25) is 10.0 Å². The van der Waals surface area contributed by atoms with E-state index >= 15 is 0 Å². The zero-order valence-electron chi connectivity index (χ0n) is 9.84. The molecule has 1 saturated carbocycles. The summed E-state index contributed by atoms with van der Waals surface area (Å²) in [6.07, 6.45) is 4.38. The summed E-state index contributed by atoms with van der Waals surface area (Å²) in [6.45, 7) is 0.493. The first-order chi connectivity index (χ1) is 7.99. The normalized spacial score (nSPS) is 26.9. The monoisotopic (exact) mass is 261 g/mol. The summed E-state index contributed by atoms with van der Waals surface area (Å²) in [6, 6.07) is -0.329. The van der Waals surface area contributed by atoms with Gasteiger partial charge < -0.3 is 5.11 Å². The predicted octanol–water partition coefficient (Wildman–Crippen LogP) is 1.06. The summed E-state index contributed by atoms with van der Waals surface area (Å²) in [5, 5.41) is 8.82. The maximum absolute atomic E-state index is 12.2. The number of piperidine rings is 1. The van der Waals surface area contributed by atoms with Gasteiger partial charge in [-0.1, -0.05) is 6.42 Å². The van der Waals surface area contributed by atoms with Gasteiger partial charge in [0.1, 0.15) is 0 Å². The molecule has 98 valence electrons. The van der Waals surface area contributed by atoms with Crippen LogP contribution in [0.15, 0.2) is 0 Å². The minimum Gasteiger partial charge on any atom is -0.481 e. The molecule has 5 nitrogen and oxygen atoms in total. The molecule has 0 radical (unpaired) electrons. The average molecular weight is 261 g/mol. The number of hydrogen-bond donors (Lipinski definition) is 1. The van der Waals surface area contributed by atoms with Gasteiger partial charge in [-0.2, -0.15) is 4.31 Å². The molecule has 2 rings (SSSR count). The van der Waals surface area contributed by atoms with Gasteiger partial charge in [0.15, 0.2) is 0 Å². The van der Waals surface area contributed by atoms with E-state index in [1.807, 2.05) is 0 Å². The quantitative estimate of drug-likeness (QED) is 0.803. The summed E-state index contributed by atoms with van der Waals surface area (Å²) >= 11 is 0. The Morgan fingerprint density at radius 1 is 1.24 bits per heavy atom. The van der Waals surface area contributed by atoms with E-state index in [4.69, 9.17) is 5.11 Å². The second-order valence-corrected chi connectivity index (χ2v) is 7.05. The van der Waals surface area contributed by atoms with Gasteiger partial charge in [0, 0.05) is 12.6 Å². The molecule has 1 unspecified atom stereocenters. The van der Waals surface area contributed by atoms with Gasteiger partial charge in [0.05, 0.1) is 12.2 Å². The Balaban J connectivity index is 2.06. The van der Waals surface area contributed by atoms with E-state index < -0.39 is 16.0 Å². The van der Waals surface area contributed by atoms with Crippen LogP contribution < -0.4 is 0 Å². The lowest BCUT2D eigenvalue weighted by Gasteiger charge is -2.33. The SMILES string of the molecule is O=C(O)CC1CCCCN1S(=O)(=O)CC1CC1. The maximum atomic E-state index is 12.2. The first-order valence-electron chi connectivity index (χ1n) is 6.20. The van der Waals surface area contributed by atoms with Crippen LogP contribution >= 0.6 is 0 Å². The maximum Gasteiger partial charge on any atom is 0.304 e. The van der Waals surface area contributed by atoms with Crippen molar-refractivity contribution in [3.63, 3.8) is 0 Å². The molecular formula is C11H19NO4S. The fraction of sp³-hybridized carbons (Fsp3) is 0.909. The Morgan fingerprint density at radius 3 is 2.53 bits per heavy atom. The van der Waals surface area contributed by atoms with Crippen LogP contribution in [0.1, 0.15) is 38.5 Å². The van der Waals surface area contributed by atoms with Crippen molar-refractivity contribution in [2.75, 3.05) is 12.3 Å². The van der Waals surface area contributed by atoms with Crippen LogP contribution in [0.2, 0.25) is 0 Å². The summed E-state index contributed by atoms with van der Waals surface area (Å²) in [7, 11) is -3.24. The van der Waals surface area contributed by atoms with E-state index in [9.17, 15) is 13.2 Å². The molecule has 2 aliphatic rings. The highest BCUT2D eigenvalue weighted by molar-refractivity contribution is 7.89. The fourth-order valence-electron chi connectivity index (χ4n) is 2.42. The van der Waals surface area contributed by atoms with Crippen molar-refractivity contribution in [2.24, 2.45) is 5.92 Å². The smallest absolute Gasteiger partial charge is 0.304 e. The van der Waals surface area contributed by atoms with Crippen molar-refractivity contribution >= 4 is 16.0 Å². The Bertz CT molecular complexity index is 388. The number of carbonyl (C=O) groups is 1. The van der Waals surface area contributed by atoms with E-state index in [0.717, 1.165) is 25.7 Å². The van der Waals surface area contributed by atoms with E-state index in [-0.39, 0.29) is 18.2 Å². The predicted molar refractivity (Wildman–Crippen MR) is 63.1 cm³/mol. The third kappa shape index (κ3) is 3.42. The number of rotatable bonds is 5. The molecule has 2 fully saturated rings. The van der Waals surface area contributed by atoms with Crippen molar-refractivity contribution in [3.05, 3.63) is 0 Å². The Labute approximate surface area is 102 Å². The zero-order chi connectivity index (χ0) is 12.5. The number of carboxylic acids is 1. The second-order valence-electron chi connectivity index (χ2n) is 5.08. The minimum atomic E-state index is -3.24. The van der Waals surface area contributed by atoms with Crippen LogP contribution in [0.3, 0.4) is 0 Å². The summed E-state index contributed by atoms with van der Waals surface area (Å²) in [5.74, 6) is -0.390. The van der Waals surface area contributed by atoms with Crippen LogP contribution in [-0.4, -0.2) is 42.1 Å². The molecule has 1 heterocycles. The van der Waals surface area contributed by atoms with Gasteiger partial charge in [-0.15, -0.1) is 0 Å². The molecule has 1 aliphatic heterocycles. The van der Waals surface area contributed by atoms with Crippen LogP contribution in [0.4, 0.5) is 0 Å². The standard InChI is InChI=1S/C11H19NO4S/c13-11(14)7-10-3-1-2-6-12(10)17(15,16)8-9-4-5-9/h9-10H,1-8H2,(H,13,14). The molecule has 1 aliphatic carbocycles. The summed E-state index contributed by atoms with van der Waals surface area (Å²) in [4.78, 5) is 10.8. The molecule has 0 aromatic rings. The highest BCUT2D eigenvalue weighted by Gasteiger charge is 2.37. The number of aliphatic carboxylic acids is 1. The highest BCUT2D eigenvalue weighted by Crippen LogP contribution is 2.33. The van der Waals surface area contributed by atoms with Crippen molar-refractivity contribution < 1.29 is 18.3 Å². The van der Waals surface area contributed by atoms with Gasteiger partial charge in [0.25, 0.3) is 0 Å². The van der Waals surface area contributed by atoms with Crippen LogP contribution in [0, 0.1) is 5.92 Å². The van der Waals surface area contributed by atoms with Gasteiger partial charge in [-0.3, -0.25) is 4.79 Å². The largest absolute Gasteiger partial charge is 0.481 e. The third-order valence-electron chi connectivity index (χ3n) is 3.48. The molecule has 0 bridgehead atoms. The van der Waals surface area contributed by atoms with Crippen LogP contribution in [0.5, 0.6) is 0 Å². The third-order valence-corrected chi connectivity index (χ3v) is 5.57. The van der Waals surface area contributed by atoms with E-state index in [1.54, 1.807) is 0 Å². The zero-order valence-corrected chi connectivity index (χ0v) is 10.7. The fourth-order valence-corrected chi connectivity index (χ4v) is 4.59. The highest BCUT2D eigenvalue weighted by atomic mass is 32.2. The Kier molecular flexibility index (Phi) is 3.73. The molecule has 1 saturated heterocycles. The summed E-state index contributed by atoms with van der Waals surface area (Å²) in [5.41, 5.74) is 0. The average Bonchev–Trinajstić information content (AvgIpc) is 3.00. The van der Waals surface area contributed by atoms with Crippen molar-refractivity contribution in [1.82, 2.24) is 4.31 Å². The molecule has 6 heteroatoms. The Morgan fingerprint density at radius 2 is 1.94 bits per heavy atom. The van der Waals surface area contributed by atoms with Crippen molar-refractivity contribution in [1.29, 1.82) is 0 Å². The number of sulfonamides is 1. The first-order valence-corrected chi connectivity index (χ1v) is 7.81. The number of carboxylic acid groups (broad SMARTS) is 1. The lowest BCUT2D eigenvalue weighted by molar-refractivity contribution is -0.138. The first kappa shape index (κ1) is 12.8. The molecule has 0 aromatic carbocycles. The van der Waals surface area contributed by atoms with E-state index in [0.29, 0.717) is 18.9 Å². The van der Waals surface area contributed by atoms with Crippen molar-refractivity contribution in [3.8, 4) is 0 Å². The van der Waals surface area contributed by atoms with Crippen LogP contribution in [0.25, 0.3) is 0 Å². The summed E-state index contributed by atoms with van der Waals surface area (Å²) < 4.78 is 25.8. The van der Waals surface area contributed by atoms with Gasteiger partial charge in [-0.25, -0.2) is 8.42 Å². The molecule has 0 amide bonds. The molecule has 1 N–H and O–H groups in total. The van der Waals surface area contributed by atoms with E-state index in [1.165, 1.54) is 4.31 Å². The second kappa shape index (κ2) is 4.94. The number of nitrogens with zero attached hydrogens (tertiary/aromatic N) is 1. The molecular weight excluding hydrogens is 242 g/mol. The van der Waals surface area contributed by atoms with Gasteiger partial charge in [-0.05, 0) is 31.6 Å². The molecule has 0 spiro atoms. The van der Waals surface area contributed by atoms with Crippen molar-refractivity contribution in [2.45, 2.75) is 44.6 Å².